The van der Waals surface area contributed by atoms with Gasteiger partial charge in [0.05, 0.1) is 30.3 Å². The van der Waals surface area contributed by atoms with E-state index in [2.05, 4.69) is 4.98 Å². The number of aromatic nitrogens is 2. The molecule has 1 heterocycles. The van der Waals surface area contributed by atoms with E-state index in [4.69, 9.17) is 10.8 Å². The van der Waals surface area contributed by atoms with Crippen LogP contribution >= 0.6 is 0 Å². The summed E-state index contributed by atoms with van der Waals surface area (Å²) in [6, 6.07) is 15.2. The van der Waals surface area contributed by atoms with Crippen molar-refractivity contribution in [1.29, 1.82) is 0 Å². The SMILES string of the molecule is Nc1ccc(-c2nc3ccccc3n2CC(O)CO)cc1. The molecule has 0 saturated carbocycles. The Morgan fingerprint density at radius 2 is 1.81 bits per heavy atom. The van der Waals surface area contributed by atoms with E-state index >= 15 is 0 Å². The van der Waals surface area contributed by atoms with Gasteiger partial charge in [-0.05, 0) is 36.4 Å². The van der Waals surface area contributed by atoms with Crippen LogP contribution in [0.1, 0.15) is 0 Å². The number of benzene rings is 2. The van der Waals surface area contributed by atoms with E-state index in [1.54, 1.807) is 0 Å². The summed E-state index contributed by atoms with van der Waals surface area (Å²) in [6.07, 6.45) is -0.824. The fourth-order valence-corrected chi connectivity index (χ4v) is 2.38. The van der Waals surface area contributed by atoms with E-state index in [-0.39, 0.29) is 13.2 Å². The lowest BCUT2D eigenvalue weighted by Crippen LogP contribution is -2.20. The van der Waals surface area contributed by atoms with Crippen LogP contribution in [0.4, 0.5) is 5.69 Å². The highest BCUT2D eigenvalue weighted by Gasteiger charge is 2.14. The molecular weight excluding hydrogens is 266 g/mol. The van der Waals surface area contributed by atoms with Gasteiger partial charge in [-0.25, -0.2) is 4.98 Å². The molecule has 0 bridgehead atoms. The van der Waals surface area contributed by atoms with Crippen molar-refractivity contribution < 1.29 is 10.2 Å². The Hall–Kier alpha value is -2.37. The summed E-state index contributed by atoms with van der Waals surface area (Å²) in [4.78, 5) is 4.63. The normalized spacial score (nSPS) is 12.7. The first-order valence-electron chi connectivity index (χ1n) is 6.79. The zero-order chi connectivity index (χ0) is 14.8. The molecule has 2 aromatic carbocycles. The molecule has 3 rings (SSSR count). The molecule has 0 radical (unpaired) electrons. The number of anilines is 1. The predicted molar refractivity (Wildman–Crippen MR) is 82.7 cm³/mol. The van der Waals surface area contributed by atoms with Crippen molar-refractivity contribution in [2.75, 3.05) is 12.3 Å². The summed E-state index contributed by atoms with van der Waals surface area (Å²) in [5.74, 6) is 0.753. The Balaban J connectivity index is 2.16. The molecule has 0 aliphatic rings. The third kappa shape index (κ3) is 2.61. The monoisotopic (exact) mass is 283 g/mol. The number of imidazole rings is 1. The number of nitrogen functional groups attached to an aromatic ring is 1. The van der Waals surface area contributed by atoms with Crippen LogP contribution in [-0.4, -0.2) is 32.5 Å². The van der Waals surface area contributed by atoms with Crippen LogP contribution in [0.15, 0.2) is 48.5 Å². The Labute approximate surface area is 122 Å². The average Bonchev–Trinajstić information content (AvgIpc) is 2.87. The molecule has 0 fully saturated rings. The molecule has 0 amide bonds. The van der Waals surface area contributed by atoms with Gasteiger partial charge in [0.25, 0.3) is 0 Å². The van der Waals surface area contributed by atoms with Gasteiger partial charge in [-0.3, -0.25) is 0 Å². The lowest BCUT2D eigenvalue weighted by atomic mass is 10.2. The van der Waals surface area contributed by atoms with Crippen molar-refractivity contribution in [2.24, 2.45) is 0 Å². The predicted octanol–water partition coefficient (Wildman–Crippen LogP) is 1.64. The van der Waals surface area contributed by atoms with E-state index in [9.17, 15) is 5.11 Å². The molecule has 4 N–H and O–H groups in total. The largest absolute Gasteiger partial charge is 0.399 e. The molecule has 5 heteroatoms. The van der Waals surface area contributed by atoms with Gasteiger partial charge < -0.3 is 20.5 Å². The molecule has 0 spiro atoms. The number of fused-ring (bicyclic) bond motifs is 1. The summed E-state index contributed by atoms with van der Waals surface area (Å²) < 4.78 is 1.92. The molecule has 5 nitrogen and oxygen atoms in total. The van der Waals surface area contributed by atoms with Crippen molar-refractivity contribution in [1.82, 2.24) is 9.55 Å². The van der Waals surface area contributed by atoms with E-state index in [1.807, 2.05) is 53.1 Å². The van der Waals surface area contributed by atoms with E-state index < -0.39 is 6.10 Å². The smallest absolute Gasteiger partial charge is 0.141 e. The maximum Gasteiger partial charge on any atom is 0.141 e. The highest BCUT2D eigenvalue weighted by Crippen LogP contribution is 2.25. The molecule has 108 valence electrons. The van der Waals surface area contributed by atoms with Crippen LogP contribution in [0.2, 0.25) is 0 Å². The van der Waals surface area contributed by atoms with Gasteiger partial charge in [0, 0.05) is 11.3 Å². The number of hydrogen-bond donors (Lipinski definition) is 3. The Morgan fingerprint density at radius 3 is 2.52 bits per heavy atom. The summed E-state index contributed by atoms with van der Waals surface area (Å²) >= 11 is 0. The fourth-order valence-electron chi connectivity index (χ4n) is 2.38. The number of aliphatic hydroxyl groups is 2. The number of nitrogens with zero attached hydrogens (tertiary/aromatic N) is 2. The van der Waals surface area contributed by atoms with Gasteiger partial charge in [0.1, 0.15) is 5.82 Å². The minimum atomic E-state index is -0.824. The van der Waals surface area contributed by atoms with Crippen LogP contribution < -0.4 is 5.73 Å². The van der Waals surface area contributed by atoms with Crippen molar-refractivity contribution >= 4 is 16.7 Å². The maximum absolute atomic E-state index is 9.79. The minimum absolute atomic E-state index is 0.284. The number of aliphatic hydroxyl groups excluding tert-OH is 2. The highest BCUT2D eigenvalue weighted by atomic mass is 16.3. The summed E-state index contributed by atoms with van der Waals surface area (Å²) in [5, 5.41) is 18.9. The lowest BCUT2D eigenvalue weighted by Gasteiger charge is -2.13. The van der Waals surface area contributed by atoms with Crippen molar-refractivity contribution in [2.45, 2.75) is 12.6 Å². The van der Waals surface area contributed by atoms with Crippen LogP contribution in [0.3, 0.4) is 0 Å². The lowest BCUT2D eigenvalue weighted by molar-refractivity contribution is 0.0824. The quantitative estimate of drug-likeness (QED) is 0.635. The van der Waals surface area contributed by atoms with E-state index in [0.29, 0.717) is 5.69 Å². The zero-order valence-corrected chi connectivity index (χ0v) is 11.5. The molecule has 0 saturated heterocycles. The Morgan fingerprint density at radius 1 is 1.10 bits per heavy atom. The second kappa shape index (κ2) is 5.55. The number of nitrogens with two attached hydrogens (primary N) is 1. The fraction of sp³-hybridized carbons (Fsp3) is 0.188. The van der Waals surface area contributed by atoms with Crippen LogP contribution in [0, 0.1) is 0 Å². The van der Waals surface area contributed by atoms with E-state index in [0.717, 1.165) is 22.4 Å². The second-order valence-electron chi connectivity index (χ2n) is 4.99. The zero-order valence-electron chi connectivity index (χ0n) is 11.5. The van der Waals surface area contributed by atoms with Gasteiger partial charge >= 0.3 is 0 Å². The molecule has 1 aromatic heterocycles. The number of para-hydroxylation sites is 2. The molecule has 21 heavy (non-hydrogen) atoms. The number of rotatable bonds is 4. The van der Waals surface area contributed by atoms with E-state index in [1.165, 1.54) is 0 Å². The highest BCUT2D eigenvalue weighted by molar-refractivity contribution is 5.80. The topological polar surface area (TPSA) is 84.3 Å². The van der Waals surface area contributed by atoms with Crippen molar-refractivity contribution in [3.8, 4) is 11.4 Å². The molecular formula is C16H17N3O2. The molecule has 0 aliphatic heterocycles. The third-order valence-corrected chi connectivity index (χ3v) is 3.43. The maximum atomic E-state index is 9.79. The molecule has 3 aromatic rings. The average molecular weight is 283 g/mol. The summed E-state index contributed by atoms with van der Waals surface area (Å²) in [7, 11) is 0. The molecule has 1 unspecified atom stereocenters. The molecule has 0 aliphatic carbocycles. The van der Waals surface area contributed by atoms with Gasteiger partial charge in [0.2, 0.25) is 0 Å². The Kier molecular flexibility index (Phi) is 3.60. The first kappa shape index (κ1) is 13.6. The van der Waals surface area contributed by atoms with Crippen LogP contribution in [-0.2, 0) is 6.54 Å². The summed E-state index contributed by atoms with van der Waals surface area (Å²) in [6.45, 7) is 0.00437. The second-order valence-corrected chi connectivity index (χ2v) is 4.99. The van der Waals surface area contributed by atoms with Gasteiger partial charge in [-0.2, -0.15) is 0 Å². The standard InChI is InChI=1S/C16H17N3O2/c17-12-7-5-11(6-8-12)16-18-14-3-1-2-4-15(14)19(16)9-13(21)10-20/h1-8,13,20-21H,9-10,17H2. The first-order valence-corrected chi connectivity index (χ1v) is 6.79. The van der Waals surface area contributed by atoms with Crippen molar-refractivity contribution in [3.05, 3.63) is 48.5 Å². The molecule has 1 atom stereocenters. The van der Waals surface area contributed by atoms with Crippen molar-refractivity contribution in [3.63, 3.8) is 0 Å². The van der Waals surface area contributed by atoms with Crippen LogP contribution in [0.5, 0.6) is 0 Å². The first-order chi connectivity index (χ1) is 10.2. The Bertz CT molecular complexity index is 750. The van der Waals surface area contributed by atoms with Gasteiger partial charge in [0.15, 0.2) is 0 Å². The number of hydrogen-bond acceptors (Lipinski definition) is 4. The minimum Gasteiger partial charge on any atom is -0.399 e. The third-order valence-electron chi connectivity index (χ3n) is 3.43. The van der Waals surface area contributed by atoms with Gasteiger partial charge in [-0.1, -0.05) is 12.1 Å². The van der Waals surface area contributed by atoms with Crippen LogP contribution in [0.25, 0.3) is 22.4 Å². The summed E-state index contributed by atoms with van der Waals surface area (Å²) in [5.41, 5.74) is 9.12. The van der Waals surface area contributed by atoms with Gasteiger partial charge in [-0.15, -0.1) is 0 Å².